The van der Waals surface area contributed by atoms with Crippen LogP contribution >= 0.6 is 22.7 Å². The lowest BCUT2D eigenvalue weighted by molar-refractivity contribution is 0.0935. The summed E-state index contributed by atoms with van der Waals surface area (Å²) < 4.78 is 26.2. The topological polar surface area (TPSA) is 42.0 Å². The number of halogens is 2. The van der Waals surface area contributed by atoms with Crippen molar-refractivity contribution in [1.82, 2.24) is 10.3 Å². The predicted molar refractivity (Wildman–Crippen MR) is 87.7 cm³/mol. The number of aromatic nitrogens is 1. The van der Waals surface area contributed by atoms with Crippen LogP contribution in [0.2, 0.25) is 0 Å². The number of carbonyl (C=O) groups excluding carboxylic acids is 1. The van der Waals surface area contributed by atoms with Crippen LogP contribution in [-0.2, 0) is 0 Å². The third kappa shape index (κ3) is 3.46. The van der Waals surface area contributed by atoms with Gasteiger partial charge >= 0.3 is 0 Å². The molecule has 1 atom stereocenters. The second kappa shape index (κ2) is 6.55. The largest absolute Gasteiger partial charge is 0.344 e. The minimum absolute atomic E-state index is 0.313. The molecule has 3 nitrogen and oxygen atoms in total. The van der Waals surface area contributed by atoms with E-state index in [2.05, 4.69) is 10.3 Å². The van der Waals surface area contributed by atoms with E-state index in [0.29, 0.717) is 11.3 Å². The Morgan fingerprint density at radius 1 is 1.22 bits per heavy atom. The second-order valence-electron chi connectivity index (χ2n) is 4.88. The van der Waals surface area contributed by atoms with Gasteiger partial charge in [0.15, 0.2) is 11.6 Å². The second-order valence-corrected chi connectivity index (χ2v) is 6.69. The highest BCUT2D eigenvalue weighted by atomic mass is 32.1. The first-order valence-electron chi connectivity index (χ1n) is 6.80. The van der Waals surface area contributed by atoms with Crippen molar-refractivity contribution in [2.24, 2.45) is 0 Å². The van der Waals surface area contributed by atoms with Crippen LogP contribution < -0.4 is 5.32 Å². The molecule has 3 aromatic rings. The van der Waals surface area contributed by atoms with Crippen molar-refractivity contribution in [3.8, 4) is 9.88 Å². The summed E-state index contributed by atoms with van der Waals surface area (Å²) >= 11 is 2.95. The fraction of sp³-hybridized carbons (Fsp3) is 0.125. The lowest BCUT2D eigenvalue weighted by Gasteiger charge is -2.13. The molecule has 0 aliphatic heterocycles. The fourth-order valence-corrected chi connectivity index (χ4v) is 3.64. The molecule has 7 heteroatoms. The van der Waals surface area contributed by atoms with E-state index >= 15 is 0 Å². The summed E-state index contributed by atoms with van der Waals surface area (Å²) in [6.07, 6.45) is 0. The number of hydrogen-bond donors (Lipinski definition) is 1. The Kier molecular flexibility index (Phi) is 4.49. The number of carbonyl (C=O) groups is 1. The number of nitrogens with zero attached hydrogens (tertiary/aromatic N) is 1. The maximum atomic E-state index is 13.3. The predicted octanol–water partition coefficient (Wildman–Crippen LogP) is 4.64. The van der Waals surface area contributed by atoms with Gasteiger partial charge in [-0.3, -0.25) is 4.79 Å². The molecule has 0 aliphatic carbocycles. The zero-order valence-electron chi connectivity index (χ0n) is 12.0. The van der Waals surface area contributed by atoms with Gasteiger partial charge in [0.05, 0.1) is 10.9 Å². The van der Waals surface area contributed by atoms with Crippen molar-refractivity contribution in [3.63, 3.8) is 0 Å². The lowest BCUT2D eigenvalue weighted by Crippen LogP contribution is -2.27. The highest BCUT2D eigenvalue weighted by Gasteiger charge is 2.16. The van der Waals surface area contributed by atoms with Crippen molar-refractivity contribution in [3.05, 3.63) is 64.0 Å². The quantitative estimate of drug-likeness (QED) is 0.745. The van der Waals surface area contributed by atoms with Gasteiger partial charge in [0.1, 0.15) is 10.7 Å². The zero-order valence-corrected chi connectivity index (χ0v) is 13.7. The Morgan fingerprint density at radius 3 is 2.74 bits per heavy atom. The molecule has 2 heterocycles. The smallest absolute Gasteiger partial charge is 0.271 e. The number of rotatable bonds is 4. The summed E-state index contributed by atoms with van der Waals surface area (Å²) in [5, 5.41) is 7.15. The average Bonchev–Trinajstić information content (AvgIpc) is 3.20. The zero-order chi connectivity index (χ0) is 16.4. The minimum atomic E-state index is -0.933. The van der Waals surface area contributed by atoms with Gasteiger partial charge in [0.25, 0.3) is 5.91 Å². The molecule has 1 N–H and O–H groups in total. The Hall–Kier alpha value is -2.12. The molecule has 1 amide bonds. The Balaban J connectivity index is 1.72. The summed E-state index contributed by atoms with van der Waals surface area (Å²) in [6.45, 7) is 1.71. The van der Waals surface area contributed by atoms with Crippen LogP contribution in [0.1, 0.15) is 29.0 Å². The minimum Gasteiger partial charge on any atom is -0.344 e. The Labute approximate surface area is 139 Å². The van der Waals surface area contributed by atoms with E-state index in [1.54, 1.807) is 23.6 Å². The summed E-state index contributed by atoms with van der Waals surface area (Å²) in [5.74, 6) is -2.19. The molecule has 0 saturated heterocycles. The molecule has 0 bridgehead atoms. The van der Waals surface area contributed by atoms with Gasteiger partial charge in [-0.1, -0.05) is 12.1 Å². The van der Waals surface area contributed by atoms with Gasteiger partial charge in [0.2, 0.25) is 0 Å². The first-order chi connectivity index (χ1) is 11.0. The van der Waals surface area contributed by atoms with Gasteiger partial charge in [-0.2, -0.15) is 0 Å². The summed E-state index contributed by atoms with van der Waals surface area (Å²) in [6, 6.07) is 6.98. The third-order valence-electron chi connectivity index (χ3n) is 3.26. The molecule has 3 rings (SSSR count). The van der Waals surface area contributed by atoms with E-state index in [9.17, 15) is 13.6 Å². The summed E-state index contributed by atoms with van der Waals surface area (Å²) in [4.78, 5) is 17.5. The maximum Gasteiger partial charge on any atom is 0.271 e. The van der Waals surface area contributed by atoms with Crippen LogP contribution in [0, 0.1) is 11.6 Å². The number of amides is 1. The third-order valence-corrected chi connectivity index (χ3v) is 5.14. The first kappa shape index (κ1) is 15.8. The fourth-order valence-electron chi connectivity index (χ4n) is 2.03. The molecule has 0 spiro atoms. The van der Waals surface area contributed by atoms with E-state index in [-0.39, 0.29) is 5.91 Å². The summed E-state index contributed by atoms with van der Waals surface area (Å²) in [5.41, 5.74) is 0.804. The summed E-state index contributed by atoms with van der Waals surface area (Å²) in [7, 11) is 0. The van der Waals surface area contributed by atoms with Gasteiger partial charge in [0, 0.05) is 5.38 Å². The number of thiophene rings is 1. The van der Waals surface area contributed by atoms with E-state index in [0.717, 1.165) is 22.0 Å². The van der Waals surface area contributed by atoms with Gasteiger partial charge in [-0.15, -0.1) is 22.7 Å². The van der Waals surface area contributed by atoms with Crippen LogP contribution in [0.3, 0.4) is 0 Å². The lowest BCUT2D eigenvalue weighted by atomic mass is 10.1. The number of benzene rings is 1. The first-order valence-corrected chi connectivity index (χ1v) is 8.56. The van der Waals surface area contributed by atoms with Gasteiger partial charge < -0.3 is 5.32 Å². The maximum absolute atomic E-state index is 13.3. The van der Waals surface area contributed by atoms with Crippen LogP contribution in [0.15, 0.2) is 41.1 Å². The highest BCUT2D eigenvalue weighted by Crippen LogP contribution is 2.28. The van der Waals surface area contributed by atoms with Crippen LogP contribution in [0.4, 0.5) is 8.78 Å². The van der Waals surface area contributed by atoms with Crippen LogP contribution in [0.25, 0.3) is 9.88 Å². The molecule has 0 radical (unpaired) electrons. The van der Waals surface area contributed by atoms with Crippen molar-refractivity contribution in [1.29, 1.82) is 0 Å². The Bertz CT molecular complexity index is 830. The molecule has 118 valence electrons. The van der Waals surface area contributed by atoms with Crippen molar-refractivity contribution in [2.75, 3.05) is 0 Å². The van der Waals surface area contributed by atoms with Crippen molar-refractivity contribution in [2.45, 2.75) is 13.0 Å². The van der Waals surface area contributed by atoms with Crippen LogP contribution in [0.5, 0.6) is 0 Å². The SMILES string of the molecule is C[C@H](NC(=O)c1csc(-c2cccs2)n1)c1ccc(F)c(F)c1. The van der Waals surface area contributed by atoms with E-state index in [1.165, 1.54) is 17.4 Å². The normalized spacial score (nSPS) is 12.1. The number of hydrogen-bond acceptors (Lipinski definition) is 4. The van der Waals surface area contributed by atoms with E-state index in [4.69, 9.17) is 0 Å². The highest BCUT2D eigenvalue weighted by molar-refractivity contribution is 7.20. The molecule has 0 fully saturated rings. The molecular formula is C16H12F2N2OS2. The average molecular weight is 350 g/mol. The molecule has 0 aliphatic rings. The van der Waals surface area contributed by atoms with E-state index in [1.807, 2.05) is 17.5 Å². The number of nitrogens with one attached hydrogen (secondary N) is 1. The van der Waals surface area contributed by atoms with Crippen molar-refractivity contribution < 1.29 is 13.6 Å². The molecule has 1 aromatic carbocycles. The van der Waals surface area contributed by atoms with Gasteiger partial charge in [-0.05, 0) is 36.1 Å². The molecule has 2 aromatic heterocycles. The van der Waals surface area contributed by atoms with Crippen molar-refractivity contribution >= 4 is 28.6 Å². The van der Waals surface area contributed by atoms with E-state index < -0.39 is 17.7 Å². The molecular weight excluding hydrogens is 338 g/mol. The van der Waals surface area contributed by atoms with Gasteiger partial charge in [-0.25, -0.2) is 13.8 Å². The molecule has 0 saturated carbocycles. The number of thiazole rings is 1. The standard InChI is InChI=1S/C16H12F2N2OS2/c1-9(10-4-5-11(17)12(18)7-10)19-15(21)13-8-23-16(20-13)14-3-2-6-22-14/h2-9H,1H3,(H,19,21)/t9-/m0/s1. The Morgan fingerprint density at radius 2 is 2.04 bits per heavy atom. The van der Waals surface area contributed by atoms with Crippen LogP contribution in [-0.4, -0.2) is 10.9 Å². The molecule has 0 unspecified atom stereocenters. The molecule has 23 heavy (non-hydrogen) atoms. The monoisotopic (exact) mass is 350 g/mol.